The Kier molecular flexibility index (Phi) is 5.03. The predicted molar refractivity (Wildman–Crippen MR) is 82.2 cm³/mol. The molecule has 2 rings (SSSR count). The van der Waals surface area contributed by atoms with Gasteiger partial charge in [-0.3, -0.25) is 4.79 Å². The van der Waals surface area contributed by atoms with Crippen molar-refractivity contribution in [2.24, 2.45) is 0 Å². The number of carbonyl (C=O) groups excluding carboxylic acids is 1. The topological polar surface area (TPSA) is 105 Å². The van der Waals surface area contributed by atoms with Crippen molar-refractivity contribution in [3.63, 3.8) is 0 Å². The van der Waals surface area contributed by atoms with E-state index in [-0.39, 0.29) is 23.6 Å². The van der Waals surface area contributed by atoms with Gasteiger partial charge in [0.1, 0.15) is 5.75 Å². The Morgan fingerprint density at radius 1 is 1.13 bits per heavy atom. The lowest BCUT2D eigenvalue weighted by Gasteiger charge is -2.11. The number of nitrogens with one attached hydrogen (secondary N) is 1. The summed E-state index contributed by atoms with van der Waals surface area (Å²) < 4.78 is 10.4. The van der Waals surface area contributed by atoms with Crippen LogP contribution in [0.4, 0.5) is 5.69 Å². The van der Waals surface area contributed by atoms with Crippen molar-refractivity contribution in [1.82, 2.24) is 0 Å². The zero-order valence-electron chi connectivity index (χ0n) is 12.3. The van der Waals surface area contributed by atoms with Crippen LogP contribution in [-0.2, 0) is 4.79 Å². The summed E-state index contributed by atoms with van der Waals surface area (Å²) in [5, 5.41) is 21.0. The SMILES string of the molecule is COc1ccccc1OCC(=O)Nc1ccc(C(=O)O)cc1O. The first-order chi connectivity index (χ1) is 11.0. The number of hydrogen-bond acceptors (Lipinski definition) is 5. The van der Waals surface area contributed by atoms with Crippen LogP contribution in [0, 0.1) is 0 Å². The van der Waals surface area contributed by atoms with Crippen LogP contribution in [0.1, 0.15) is 10.4 Å². The van der Waals surface area contributed by atoms with Crippen molar-refractivity contribution in [3.05, 3.63) is 48.0 Å². The molecule has 0 fully saturated rings. The molecule has 0 heterocycles. The fourth-order valence-corrected chi connectivity index (χ4v) is 1.84. The number of amides is 1. The standard InChI is InChI=1S/C16H15NO6/c1-22-13-4-2-3-5-14(13)23-9-15(19)17-11-7-6-10(16(20)21)8-12(11)18/h2-8,18H,9H2,1H3,(H,17,19)(H,20,21). The van der Waals surface area contributed by atoms with Gasteiger partial charge in [0, 0.05) is 0 Å². The van der Waals surface area contributed by atoms with Crippen molar-refractivity contribution in [2.75, 3.05) is 19.0 Å². The van der Waals surface area contributed by atoms with Crippen LogP contribution in [0.5, 0.6) is 17.2 Å². The zero-order valence-corrected chi connectivity index (χ0v) is 12.3. The second-order valence-electron chi connectivity index (χ2n) is 4.52. The van der Waals surface area contributed by atoms with E-state index in [2.05, 4.69) is 5.32 Å². The number of phenols is 1. The number of carboxylic acids is 1. The highest BCUT2D eigenvalue weighted by molar-refractivity contribution is 5.95. The Morgan fingerprint density at radius 3 is 2.43 bits per heavy atom. The van der Waals surface area contributed by atoms with Crippen LogP contribution in [0.3, 0.4) is 0 Å². The molecule has 0 bridgehead atoms. The number of carboxylic acid groups (broad SMARTS) is 1. The summed E-state index contributed by atoms with van der Waals surface area (Å²) in [4.78, 5) is 22.6. The molecule has 2 aromatic rings. The maximum atomic E-state index is 11.9. The molecule has 0 aliphatic heterocycles. The summed E-state index contributed by atoms with van der Waals surface area (Å²) in [6, 6.07) is 10.5. The van der Waals surface area contributed by atoms with E-state index in [1.807, 2.05) is 0 Å². The second-order valence-corrected chi connectivity index (χ2v) is 4.52. The molecule has 120 valence electrons. The minimum absolute atomic E-state index is 0.0780. The molecule has 3 N–H and O–H groups in total. The van der Waals surface area contributed by atoms with Gasteiger partial charge in [-0.05, 0) is 30.3 Å². The molecule has 7 nitrogen and oxygen atoms in total. The fourth-order valence-electron chi connectivity index (χ4n) is 1.84. The van der Waals surface area contributed by atoms with Gasteiger partial charge in [0.25, 0.3) is 5.91 Å². The van der Waals surface area contributed by atoms with Gasteiger partial charge in [-0.15, -0.1) is 0 Å². The van der Waals surface area contributed by atoms with E-state index >= 15 is 0 Å². The van der Waals surface area contributed by atoms with Gasteiger partial charge in [0.05, 0.1) is 18.4 Å². The fraction of sp³-hybridized carbons (Fsp3) is 0.125. The highest BCUT2D eigenvalue weighted by Crippen LogP contribution is 2.26. The minimum atomic E-state index is -1.17. The van der Waals surface area contributed by atoms with Crippen LogP contribution in [0.15, 0.2) is 42.5 Å². The number of benzene rings is 2. The molecule has 0 radical (unpaired) electrons. The van der Waals surface area contributed by atoms with Gasteiger partial charge in [0.2, 0.25) is 0 Å². The number of methoxy groups -OCH3 is 1. The van der Waals surface area contributed by atoms with Gasteiger partial charge in [-0.2, -0.15) is 0 Å². The normalized spacial score (nSPS) is 9.96. The number of aromatic hydroxyl groups is 1. The van der Waals surface area contributed by atoms with Gasteiger partial charge >= 0.3 is 5.97 Å². The maximum Gasteiger partial charge on any atom is 0.335 e. The highest BCUT2D eigenvalue weighted by atomic mass is 16.5. The predicted octanol–water partition coefficient (Wildman–Crippen LogP) is 2.12. The summed E-state index contributed by atoms with van der Waals surface area (Å²) in [5.74, 6) is -1.10. The molecule has 0 aliphatic carbocycles. The Hall–Kier alpha value is -3.22. The van der Waals surface area contributed by atoms with Crippen LogP contribution in [0.25, 0.3) is 0 Å². The van der Waals surface area contributed by atoms with E-state index in [1.165, 1.54) is 19.2 Å². The zero-order chi connectivity index (χ0) is 16.8. The molecule has 0 spiro atoms. The summed E-state index contributed by atoms with van der Waals surface area (Å²) in [6.45, 7) is -0.291. The smallest absolute Gasteiger partial charge is 0.335 e. The van der Waals surface area contributed by atoms with Crippen molar-refractivity contribution in [3.8, 4) is 17.2 Å². The molecule has 0 atom stereocenters. The molecule has 2 aromatic carbocycles. The molecule has 7 heteroatoms. The number of aromatic carboxylic acids is 1. The van der Waals surface area contributed by atoms with Crippen LogP contribution >= 0.6 is 0 Å². The molecule has 23 heavy (non-hydrogen) atoms. The Balaban J connectivity index is 1.98. The quantitative estimate of drug-likeness (QED) is 0.705. The third-order valence-electron chi connectivity index (χ3n) is 2.95. The van der Waals surface area contributed by atoms with Gasteiger partial charge in [-0.25, -0.2) is 4.79 Å². The molecule has 0 aliphatic rings. The number of phenolic OH excluding ortho intramolecular Hbond substituents is 1. The van der Waals surface area contributed by atoms with E-state index in [9.17, 15) is 14.7 Å². The van der Waals surface area contributed by atoms with E-state index in [0.717, 1.165) is 6.07 Å². The number of para-hydroxylation sites is 2. The third-order valence-corrected chi connectivity index (χ3v) is 2.95. The first-order valence-electron chi connectivity index (χ1n) is 6.63. The van der Waals surface area contributed by atoms with Crippen molar-refractivity contribution < 1.29 is 29.3 Å². The molecule has 0 saturated carbocycles. The molecule has 0 aromatic heterocycles. The van der Waals surface area contributed by atoms with E-state index in [1.54, 1.807) is 24.3 Å². The summed E-state index contributed by atoms with van der Waals surface area (Å²) in [6.07, 6.45) is 0. The molecule has 0 saturated heterocycles. The minimum Gasteiger partial charge on any atom is -0.506 e. The largest absolute Gasteiger partial charge is 0.506 e. The van der Waals surface area contributed by atoms with Gasteiger partial charge in [-0.1, -0.05) is 12.1 Å². The number of anilines is 1. The van der Waals surface area contributed by atoms with Crippen LogP contribution in [-0.4, -0.2) is 35.8 Å². The van der Waals surface area contributed by atoms with Crippen molar-refractivity contribution >= 4 is 17.6 Å². The Labute approximate surface area is 132 Å². The highest BCUT2D eigenvalue weighted by Gasteiger charge is 2.11. The number of hydrogen-bond donors (Lipinski definition) is 3. The lowest BCUT2D eigenvalue weighted by Crippen LogP contribution is -2.20. The Morgan fingerprint density at radius 2 is 1.83 bits per heavy atom. The first kappa shape index (κ1) is 16.2. The second kappa shape index (κ2) is 7.17. The van der Waals surface area contributed by atoms with Crippen LogP contribution < -0.4 is 14.8 Å². The first-order valence-corrected chi connectivity index (χ1v) is 6.63. The van der Waals surface area contributed by atoms with Gasteiger partial charge < -0.3 is 25.0 Å². The third kappa shape index (κ3) is 4.13. The van der Waals surface area contributed by atoms with E-state index in [4.69, 9.17) is 14.6 Å². The number of ether oxygens (including phenoxy) is 2. The number of rotatable bonds is 6. The summed E-state index contributed by atoms with van der Waals surface area (Å²) >= 11 is 0. The van der Waals surface area contributed by atoms with Gasteiger partial charge in [0.15, 0.2) is 18.1 Å². The van der Waals surface area contributed by atoms with Crippen LogP contribution in [0.2, 0.25) is 0 Å². The average Bonchev–Trinajstić information content (AvgIpc) is 2.54. The molecular formula is C16H15NO6. The van der Waals surface area contributed by atoms with Crippen molar-refractivity contribution in [1.29, 1.82) is 0 Å². The monoisotopic (exact) mass is 317 g/mol. The summed E-state index contributed by atoms with van der Waals surface area (Å²) in [7, 11) is 1.49. The molecule has 1 amide bonds. The van der Waals surface area contributed by atoms with E-state index < -0.39 is 11.9 Å². The number of carbonyl (C=O) groups is 2. The lowest BCUT2D eigenvalue weighted by molar-refractivity contribution is -0.118. The summed E-state index contributed by atoms with van der Waals surface area (Å²) in [5.41, 5.74) is 0.0226. The molecule has 0 unspecified atom stereocenters. The average molecular weight is 317 g/mol. The van der Waals surface area contributed by atoms with E-state index in [0.29, 0.717) is 11.5 Å². The Bertz CT molecular complexity index is 728. The maximum absolute atomic E-state index is 11.9. The molecular weight excluding hydrogens is 302 g/mol. The van der Waals surface area contributed by atoms with Crippen molar-refractivity contribution in [2.45, 2.75) is 0 Å². The lowest BCUT2D eigenvalue weighted by atomic mass is 10.2.